The molecule has 1 amide bonds. The zero-order valence-corrected chi connectivity index (χ0v) is 14.0. The molecule has 1 aliphatic carbocycles. The van der Waals surface area contributed by atoms with Crippen molar-refractivity contribution in [2.75, 3.05) is 13.1 Å². The van der Waals surface area contributed by atoms with E-state index in [1.54, 1.807) is 0 Å². The second kappa shape index (κ2) is 6.54. The summed E-state index contributed by atoms with van der Waals surface area (Å²) in [5.74, 6) is 1.47. The maximum atomic E-state index is 12.5. The number of carbonyl (C=O) groups excluding carboxylic acids is 1. The van der Waals surface area contributed by atoms with Crippen molar-refractivity contribution in [3.8, 4) is 0 Å². The zero-order chi connectivity index (χ0) is 15.1. The minimum atomic E-state index is 0. The Morgan fingerprint density at radius 3 is 2.91 bits per heavy atom. The molecule has 1 aromatic carbocycles. The molecular formula is C18H24ClN3O. The molecule has 0 spiro atoms. The molecule has 3 N–H and O–H groups in total. The minimum Gasteiger partial charge on any atom is -0.361 e. The fraction of sp³-hybridized carbons (Fsp3) is 0.500. The lowest BCUT2D eigenvalue weighted by Crippen LogP contribution is -2.33. The second-order valence-electron chi connectivity index (χ2n) is 6.82. The standard InChI is InChI=1S/C18H23N3O.ClH/c19-16-7-5-13-10-21(11-15(13)16)18(22)8-6-12-9-20-17-4-2-1-3-14(12)17;/h1-4,9,13,15-16,20H,5-8,10-11,19H2;1H. The molecule has 23 heavy (non-hydrogen) atoms. The van der Waals surface area contributed by atoms with E-state index >= 15 is 0 Å². The number of amides is 1. The van der Waals surface area contributed by atoms with E-state index in [0.717, 1.165) is 31.4 Å². The Bertz CT molecular complexity index is 698. The monoisotopic (exact) mass is 333 g/mol. The number of aromatic nitrogens is 1. The number of rotatable bonds is 3. The third kappa shape index (κ3) is 2.98. The quantitative estimate of drug-likeness (QED) is 0.907. The molecule has 124 valence electrons. The predicted octanol–water partition coefficient (Wildman–Crippen LogP) is 2.72. The summed E-state index contributed by atoms with van der Waals surface area (Å²) in [6, 6.07) is 8.57. The molecule has 1 aromatic heterocycles. The number of para-hydroxylation sites is 1. The highest BCUT2D eigenvalue weighted by atomic mass is 35.5. The van der Waals surface area contributed by atoms with Crippen molar-refractivity contribution >= 4 is 29.2 Å². The molecule has 2 aliphatic rings. The van der Waals surface area contributed by atoms with E-state index in [2.05, 4.69) is 17.1 Å². The van der Waals surface area contributed by atoms with Crippen molar-refractivity contribution in [1.29, 1.82) is 0 Å². The van der Waals surface area contributed by atoms with Crippen molar-refractivity contribution in [3.05, 3.63) is 36.0 Å². The van der Waals surface area contributed by atoms with Crippen LogP contribution in [0.25, 0.3) is 10.9 Å². The fourth-order valence-corrected chi connectivity index (χ4v) is 4.25. The van der Waals surface area contributed by atoms with Gasteiger partial charge in [0.1, 0.15) is 0 Å². The average Bonchev–Trinajstić information content (AvgIpc) is 3.21. The Hall–Kier alpha value is -1.52. The van der Waals surface area contributed by atoms with Crippen LogP contribution in [0.15, 0.2) is 30.5 Å². The maximum Gasteiger partial charge on any atom is 0.222 e. The minimum absolute atomic E-state index is 0. The molecule has 2 heterocycles. The van der Waals surface area contributed by atoms with Crippen LogP contribution in [0.1, 0.15) is 24.8 Å². The van der Waals surface area contributed by atoms with Crippen molar-refractivity contribution in [2.24, 2.45) is 17.6 Å². The van der Waals surface area contributed by atoms with Crippen LogP contribution in [0.3, 0.4) is 0 Å². The normalized spacial score (nSPS) is 26.3. The van der Waals surface area contributed by atoms with Crippen LogP contribution >= 0.6 is 12.4 Å². The van der Waals surface area contributed by atoms with Gasteiger partial charge in [-0.2, -0.15) is 0 Å². The van der Waals surface area contributed by atoms with Gasteiger partial charge in [0.2, 0.25) is 5.91 Å². The van der Waals surface area contributed by atoms with Gasteiger partial charge in [0.15, 0.2) is 0 Å². The van der Waals surface area contributed by atoms with Gasteiger partial charge in [-0.3, -0.25) is 4.79 Å². The number of hydrogen-bond donors (Lipinski definition) is 2. The van der Waals surface area contributed by atoms with Gasteiger partial charge in [-0.05, 0) is 42.7 Å². The lowest BCUT2D eigenvalue weighted by atomic mass is 9.98. The van der Waals surface area contributed by atoms with E-state index in [4.69, 9.17) is 5.73 Å². The first-order chi connectivity index (χ1) is 10.7. The van der Waals surface area contributed by atoms with E-state index in [9.17, 15) is 4.79 Å². The fourth-order valence-electron chi connectivity index (χ4n) is 4.25. The number of aryl methyl sites for hydroxylation is 1. The Morgan fingerprint density at radius 1 is 1.26 bits per heavy atom. The first kappa shape index (κ1) is 16.3. The van der Waals surface area contributed by atoms with Crippen LogP contribution in [-0.4, -0.2) is 34.9 Å². The lowest BCUT2D eigenvalue weighted by Gasteiger charge is -2.18. The van der Waals surface area contributed by atoms with Gasteiger partial charge in [0, 0.05) is 42.7 Å². The number of likely N-dealkylation sites (tertiary alicyclic amines) is 1. The number of carbonyl (C=O) groups is 1. The van der Waals surface area contributed by atoms with Crippen molar-refractivity contribution in [3.63, 3.8) is 0 Å². The number of fused-ring (bicyclic) bond motifs is 2. The maximum absolute atomic E-state index is 12.5. The van der Waals surface area contributed by atoms with Gasteiger partial charge < -0.3 is 15.6 Å². The summed E-state index contributed by atoms with van der Waals surface area (Å²) in [5.41, 5.74) is 8.53. The van der Waals surface area contributed by atoms with Crippen LogP contribution < -0.4 is 5.73 Å². The smallest absolute Gasteiger partial charge is 0.222 e. The van der Waals surface area contributed by atoms with Gasteiger partial charge in [-0.1, -0.05) is 18.2 Å². The van der Waals surface area contributed by atoms with Crippen LogP contribution in [0, 0.1) is 11.8 Å². The number of nitrogens with two attached hydrogens (primary N) is 1. The van der Waals surface area contributed by atoms with Gasteiger partial charge in [0.25, 0.3) is 0 Å². The third-order valence-corrected chi connectivity index (χ3v) is 5.55. The van der Waals surface area contributed by atoms with Gasteiger partial charge in [0.05, 0.1) is 0 Å². The molecule has 0 bridgehead atoms. The number of benzene rings is 1. The van der Waals surface area contributed by atoms with Crippen LogP contribution in [0.5, 0.6) is 0 Å². The van der Waals surface area contributed by atoms with Crippen molar-refractivity contribution in [1.82, 2.24) is 9.88 Å². The van der Waals surface area contributed by atoms with E-state index in [1.165, 1.54) is 17.4 Å². The Kier molecular flexibility index (Phi) is 4.64. The summed E-state index contributed by atoms with van der Waals surface area (Å²) in [6.07, 6.45) is 5.76. The number of nitrogens with one attached hydrogen (secondary N) is 1. The first-order valence-electron chi connectivity index (χ1n) is 8.30. The molecule has 0 radical (unpaired) electrons. The summed E-state index contributed by atoms with van der Waals surface area (Å²) >= 11 is 0. The van der Waals surface area contributed by atoms with E-state index in [-0.39, 0.29) is 18.3 Å². The molecule has 1 aliphatic heterocycles. The molecule has 3 atom stereocenters. The highest BCUT2D eigenvalue weighted by Gasteiger charge is 2.42. The molecular weight excluding hydrogens is 310 g/mol. The van der Waals surface area contributed by atoms with E-state index in [1.807, 2.05) is 23.2 Å². The highest BCUT2D eigenvalue weighted by Crippen LogP contribution is 2.37. The summed E-state index contributed by atoms with van der Waals surface area (Å²) < 4.78 is 0. The summed E-state index contributed by atoms with van der Waals surface area (Å²) in [5, 5.41) is 1.23. The molecule has 4 nitrogen and oxygen atoms in total. The van der Waals surface area contributed by atoms with E-state index < -0.39 is 0 Å². The van der Waals surface area contributed by atoms with Gasteiger partial charge in [-0.15, -0.1) is 12.4 Å². The summed E-state index contributed by atoms with van der Waals surface area (Å²) in [6.45, 7) is 1.80. The van der Waals surface area contributed by atoms with Crippen LogP contribution in [-0.2, 0) is 11.2 Å². The molecule has 4 rings (SSSR count). The number of hydrogen-bond acceptors (Lipinski definition) is 2. The third-order valence-electron chi connectivity index (χ3n) is 5.55. The van der Waals surface area contributed by atoms with E-state index in [0.29, 0.717) is 24.3 Å². The van der Waals surface area contributed by atoms with Gasteiger partial charge in [-0.25, -0.2) is 0 Å². The van der Waals surface area contributed by atoms with Crippen LogP contribution in [0.2, 0.25) is 0 Å². The Balaban J connectivity index is 0.00000156. The highest BCUT2D eigenvalue weighted by molar-refractivity contribution is 5.85. The number of nitrogens with zero attached hydrogens (tertiary/aromatic N) is 1. The molecule has 1 saturated carbocycles. The number of halogens is 1. The second-order valence-corrected chi connectivity index (χ2v) is 6.82. The topological polar surface area (TPSA) is 62.1 Å². The average molecular weight is 334 g/mol. The molecule has 3 unspecified atom stereocenters. The molecule has 2 fully saturated rings. The zero-order valence-electron chi connectivity index (χ0n) is 13.2. The van der Waals surface area contributed by atoms with Gasteiger partial charge >= 0.3 is 0 Å². The summed E-state index contributed by atoms with van der Waals surface area (Å²) in [7, 11) is 0. The Morgan fingerprint density at radius 2 is 2.09 bits per heavy atom. The number of H-pyrrole nitrogens is 1. The lowest BCUT2D eigenvalue weighted by molar-refractivity contribution is -0.130. The SMILES string of the molecule is Cl.NC1CCC2CN(C(=O)CCc3c[nH]c4ccccc34)CC12. The Labute approximate surface area is 142 Å². The largest absolute Gasteiger partial charge is 0.361 e. The first-order valence-corrected chi connectivity index (χ1v) is 8.30. The van der Waals surface area contributed by atoms with Crippen LogP contribution in [0.4, 0.5) is 0 Å². The van der Waals surface area contributed by atoms with Crippen molar-refractivity contribution in [2.45, 2.75) is 31.7 Å². The molecule has 5 heteroatoms. The molecule has 2 aromatic rings. The molecule has 1 saturated heterocycles. The predicted molar refractivity (Wildman–Crippen MR) is 94.6 cm³/mol. The summed E-state index contributed by atoms with van der Waals surface area (Å²) in [4.78, 5) is 17.8. The number of aromatic amines is 1. The van der Waals surface area contributed by atoms with Crippen molar-refractivity contribution < 1.29 is 4.79 Å².